The summed E-state index contributed by atoms with van der Waals surface area (Å²) in [4.78, 5) is 0. The summed E-state index contributed by atoms with van der Waals surface area (Å²) in [7, 11) is 0. The number of hydrogen-bond donors (Lipinski definition) is 1. The van der Waals surface area contributed by atoms with Gasteiger partial charge < -0.3 is 5.32 Å². The van der Waals surface area contributed by atoms with E-state index in [4.69, 9.17) is 11.6 Å². The highest BCUT2D eigenvalue weighted by Crippen LogP contribution is 2.50. The molecule has 18 heavy (non-hydrogen) atoms. The van der Waals surface area contributed by atoms with E-state index < -0.39 is 0 Å². The first kappa shape index (κ1) is 12.5. The molecule has 1 aromatic rings. The van der Waals surface area contributed by atoms with Gasteiger partial charge in [0.1, 0.15) is 0 Å². The third kappa shape index (κ3) is 2.57. The molecule has 3 rings (SSSR count). The molecule has 98 valence electrons. The van der Waals surface area contributed by atoms with E-state index in [0.717, 1.165) is 17.5 Å². The van der Waals surface area contributed by atoms with Crippen LogP contribution in [0, 0.1) is 11.3 Å². The molecule has 0 amide bonds. The second-order valence-electron chi connectivity index (χ2n) is 6.36. The lowest BCUT2D eigenvalue weighted by Gasteiger charge is -2.42. The fourth-order valence-corrected chi connectivity index (χ4v) is 3.61. The number of nitrogens with one attached hydrogen (secondary N) is 1. The minimum absolute atomic E-state index is 0.472. The second-order valence-corrected chi connectivity index (χ2v) is 6.80. The van der Waals surface area contributed by atoms with Crippen LogP contribution < -0.4 is 5.32 Å². The van der Waals surface area contributed by atoms with Gasteiger partial charge >= 0.3 is 0 Å². The van der Waals surface area contributed by atoms with Crippen LogP contribution in [0.4, 0.5) is 0 Å². The highest BCUT2D eigenvalue weighted by atomic mass is 35.5. The van der Waals surface area contributed by atoms with Gasteiger partial charge in [-0.3, -0.25) is 0 Å². The SMILES string of the molecule is CC1(CC2CC2)CCNCC1c1ccc(Cl)cc1. The van der Waals surface area contributed by atoms with Crippen LogP contribution in [0.3, 0.4) is 0 Å². The van der Waals surface area contributed by atoms with Crippen molar-refractivity contribution in [1.82, 2.24) is 5.32 Å². The zero-order valence-electron chi connectivity index (χ0n) is 11.1. The summed E-state index contributed by atoms with van der Waals surface area (Å²) in [6.07, 6.45) is 5.62. The van der Waals surface area contributed by atoms with Crippen LogP contribution in [0.2, 0.25) is 5.02 Å². The Kier molecular flexibility index (Phi) is 3.38. The standard InChI is InChI=1S/C16H22ClN/c1-16(10-12-2-3-12)8-9-18-11-15(16)13-4-6-14(17)7-5-13/h4-7,12,15,18H,2-3,8-11H2,1H3. The van der Waals surface area contributed by atoms with Gasteiger partial charge in [0.05, 0.1) is 0 Å². The average molecular weight is 264 g/mol. The van der Waals surface area contributed by atoms with Crippen molar-refractivity contribution in [3.05, 3.63) is 34.9 Å². The summed E-state index contributed by atoms with van der Waals surface area (Å²) in [5, 5.41) is 4.40. The van der Waals surface area contributed by atoms with Crippen molar-refractivity contribution in [3.8, 4) is 0 Å². The van der Waals surface area contributed by atoms with Crippen molar-refractivity contribution in [3.63, 3.8) is 0 Å². The number of piperidine rings is 1. The second kappa shape index (κ2) is 4.86. The summed E-state index contributed by atoms with van der Waals surface area (Å²) in [5.41, 5.74) is 1.93. The smallest absolute Gasteiger partial charge is 0.0406 e. The molecule has 2 heteroatoms. The Labute approximate surface area is 115 Å². The van der Waals surface area contributed by atoms with Gasteiger partial charge in [-0.2, -0.15) is 0 Å². The number of halogens is 1. The summed E-state index contributed by atoms with van der Waals surface area (Å²) < 4.78 is 0. The lowest BCUT2D eigenvalue weighted by atomic mass is 9.66. The summed E-state index contributed by atoms with van der Waals surface area (Å²) >= 11 is 6.00. The fraction of sp³-hybridized carbons (Fsp3) is 0.625. The predicted molar refractivity (Wildman–Crippen MR) is 77.1 cm³/mol. The number of rotatable bonds is 3. The maximum atomic E-state index is 6.00. The summed E-state index contributed by atoms with van der Waals surface area (Å²) in [6, 6.07) is 8.49. The van der Waals surface area contributed by atoms with E-state index in [0.29, 0.717) is 11.3 Å². The van der Waals surface area contributed by atoms with Crippen molar-refractivity contribution in [1.29, 1.82) is 0 Å². The van der Waals surface area contributed by atoms with Crippen molar-refractivity contribution in [2.45, 2.75) is 38.5 Å². The maximum absolute atomic E-state index is 6.00. The Bertz CT molecular complexity index is 410. The Hall–Kier alpha value is -0.530. The maximum Gasteiger partial charge on any atom is 0.0406 e. The molecule has 2 aliphatic rings. The van der Waals surface area contributed by atoms with Gasteiger partial charge in [-0.15, -0.1) is 0 Å². The molecule has 0 spiro atoms. The van der Waals surface area contributed by atoms with Crippen molar-refractivity contribution in [2.24, 2.45) is 11.3 Å². The molecular formula is C16H22ClN. The van der Waals surface area contributed by atoms with Gasteiger partial charge in [-0.05, 0) is 48.4 Å². The van der Waals surface area contributed by atoms with Crippen molar-refractivity contribution in [2.75, 3.05) is 13.1 Å². The van der Waals surface area contributed by atoms with Crippen molar-refractivity contribution >= 4 is 11.6 Å². The molecule has 1 heterocycles. The van der Waals surface area contributed by atoms with Crippen LogP contribution in [0.15, 0.2) is 24.3 Å². The van der Waals surface area contributed by atoms with E-state index >= 15 is 0 Å². The van der Waals surface area contributed by atoms with Crippen LogP contribution in [0.5, 0.6) is 0 Å². The fourth-order valence-electron chi connectivity index (χ4n) is 3.48. The van der Waals surface area contributed by atoms with E-state index in [-0.39, 0.29) is 0 Å². The van der Waals surface area contributed by atoms with Gasteiger partial charge in [-0.1, -0.05) is 43.5 Å². The van der Waals surface area contributed by atoms with Crippen LogP contribution in [0.25, 0.3) is 0 Å². The summed E-state index contributed by atoms with van der Waals surface area (Å²) in [6.45, 7) is 4.78. The first-order chi connectivity index (χ1) is 8.67. The molecular weight excluding hydrogens is 242 g/mol. The number of hydrogen-bond acceptors (Lipinski definition) is 1. The molecule has 1 saturated heterocycles. The zero-order chi connectivity index (χ0) is 12.6. The minimum Gasteiger partial charge on any atom is -0.316 e. The van der Waals surface area contributed by atoms with Gasteiger partial charge in [0.25, 0.3) is 0 Å². The molecule has 2 unspecified atom stereocenters. The topological polar surface area (TPSA) is 12.0 Å². The van der Waals surface area contributed by atoms with Gasteiger partial charge in [0.15, 0.2) is 0 Å². The first-order valence-corrected chi connectivity index (χ1v) is 7.51. The van der Waals surface area contributed by atoms with E-state index in [9.17, 15) is 0 Å². The quantitative estimate of drug-likeness (QED) is 0.861. The van der Waals surface area contributed by atoms with Gasteiger partial charge in [-0.25, -0.2) is 0 Å². The molecule has 0 aromatic heterocycles. The lowest BCUT2D eigenvalue weighted by Crippen LogP contribution is -2.42. The molecule has 0 radical (unpaired) electrons. The highest BCUT2D eigenvalue weighted by molar-refractivity contribution is 6.30. The van der Waals surface area contributed by atoms with E-state index in [1.807, 2.05) is 12.1 Å². The molecule has 1 nitrogen and oxygen atoms in total. The van der Waals surface area contributed by atoms with Crippen molar-refractivity contribution < 1.29 is 0 Å². The average Bonchev–Trinajstić information content (AvgIpc) is 3.14. The van der Waals surface area contributed by atoms with Crippen LogP contribution in [0.1, 0.15) is 44.1 Å². The van der Waals surface area contributed by atoms with Crippen LogP contribution in [-0.4, -0.2) is 13.1 Å². The summed E-state index contributed by atoms with van der Waals surface area (Å²) in [5.74, 6) is 1.65. The van der Waals surface area contributed by atoms with Crippen LogP contribution in [-0.2, 0) is 0 Å². The van der Waals surface area contributed by atoms with E-state index in [2.05, 4.69) is 24.4 Å². The third-order valence-electron chi connectivity index (χ3n) is 4.79. The van der Waals surface area contributed by atoms with Crippen LogP contribution >= 0.6 is 11.6 Å². The predicted octanol–water partition coefficient (Wildman–Crippen LogP) is 4.22. The molecule has 2 atom stereocenters. The Morgan fingerprint density at radius 1 is 1.28 bits per heavy atom. The Balaban J connectivity index is 1.83. The molecule has 2 fully saturated rings. The first-order valence-electron chi connectivity index (χ1n) is 7.13. The normalized spacial score (nSPS) is 32.4. The van der Waals surface area contributed by atoms with Gasteiger partial charge in [0.2, 0.25) is 0 Å². The molecule has 1 N–H and O–H groups in total. The van der Waals surface area contributed by atoms with E-state index in [1.54, 1.807) is 0 Å². The Morgan fingerprint density at radius 3 is 2.67 bits per heavy atom. The molecule has 1 aliphatic heterocycles. The minimum atomic E-state index is 0.472. The lowest BCUT2D eigenvalue weighted by molar-refractivity contribution is 0.163. The largest absolute Gasteiger partial charge is 0.316 e. The van der Waals surface area contributed by atoms with E-state index in [1.165, 1.54) is 37.8 Å². The monoisotopic (exact) mass is 263 g/mol. The highest BCUT2D eigenvalue weighted by Gasteiger charge is 2.41. The molecule has 1 saturated carbocycles. The molecule has 0 bridgehead atoms. The third-order valence-corrected chi connectivity index (χ3v) is 5.04. The number of benzene rings is 1. The van der Waals surface area contributed by atoms with Gasteiger partial charge in [0, 0.05) is 17.5 Å². The Morgan fingerprint density at radius 2 is 2.00 bits per heavy atom. The molecule has 1 aromatic carbocycles. The zero-order valence-corrected chi connectivity index (χ0v) is 11.8. The molecule has 1 aliphatic carbocycles.